The molecule has 0 aliphatic heterocycles. The highest BCUT2D eigenvalue weighted by Gasteiger charge is 2.05. The van der Waals surface area contributed by atoms with Crippen molar-refractivity contribution in [1.29, 1.82) is 0 Å². The lowest BCUT2D eigenvalue weighted by Crippen LogP contribution is -2.09. The summed E-state index contributed by atoms with van der Waals surface area (Å²) in [6.07, 6.45) is -6.38. The first kappa shape index (κ1) is 3.30. The molecule has 0 fully saturated rings. The van der Waals surface area contributed by atoms with Crippen LogP contribution in [0.3, 0.4) is 0 Å². The summed E-state index contributed by atoms with van der Waals surface area (Å²) in [5.41, 5.74) is -2.85. The van der Waals surface area contributed by atoms with E-state index in [-0.39, 0.29) is 9.66 Å². The minimum absolute atomic E-state index is 0.118. The van der Waals surface area contributed by atoms with Gasteiger partial charge < -0.3 is 10.3 Å². The second-order valence-corrected chi connectivity index (χ2v) is 3.26. The third-order valence-electron chi connectivity index (χ3n) is 2.12. The number of likely N-dealkylation sites (N-methyl/N-ethyl adjacent to an activating group) is 1. The third-order valence-corrected chi connectivity index (χ3v) is 2.12. The molecule has 3 aromatic rings. The number of aromatic nitrogens is 4. The number of H-pyrrole nitrogens is 1. The van der Waals surface area contributed by atoms with E-state index in [4.69, 9.17) is 23.4 Å². The van der Waals surface area contributed by atoms with E-state index in [1.54, 1.807) is 0 Å². The molecule has 1 aromatic carbocycles. The quantitative estimate of drug-likeness (QED) is 0.741. The molecule has 5 nitrogen and oxygen atoms in total. The number of fused-ring (bicyclic) bond motifs is 1. The van der Waals surface area contributed by atoms with Gasteiger partial charge in [-0.25, -0.2) is 9.67 Å². The van der Waals surface area contributed by atoms with Crippen molar-refractivity contribution in [3.05, 3.63) is 48.0 Å². The zero-order chi connectivity index (χ0) is 27.9. The highest BCUT2D eigenvalue weighted by atomic mass is 15.3. The van der Waals surface area contributed by atoms with Gasteiger partial charge in [0.1, 0.15) is 16.8 Å². The molecule has 0 saturated carbocycles. The fourth-order valence-electron chi connectivity index (χ4n) is 1.38. The maximum atomic E-state index is 8.57. The van der Waals surface area contributed by atoms with E-state index in [9.17, 15) is 0 Å². The van der Waals surface area contributed by atoms with Gasteiger partial charge in [0.2, 0.25) is 0 Å². The molecular weight excluding hydrogens is 238 g/mol. The van der Waals surface area contributed by atoms with Crippen molar-refractivity contribution in [2.75, 3.05) is 13.5 Å². The van der Waals surface area contributed by atoms with Gasteiger partial charge in [0, 0.05) is 26.7 Å². The number of hydrogen-bond donors (Lipinski definition) is 2. The molecule has 2 aromatic heterocycles. The predicted octanol–water partition coefficient (Wildman–Crippen LogP) is 1.57. The number of aryl methyl sites for hydroxylation is 1. The van der Waals surface area contributed by atoms with Gasteiger partial charge in [-0.2, -0.15) is 5.10 Å². The third kappa shape index (κ3) is 2.51. The van der Waals surface area contributed by atoms with Gasteiger partial charge in [0.15, 0.2) is 1.41 Å². The average Bonchev–Trinajstić information content (AvgIpc) is 3.21. The summed E-state index contributed by atoms with van der Waals surface area (Å²) in [5.74, 6) is 0. The van der Waals surface area contributed by atoms with E-state index in [1.165, 1.54) is 0 Å². The van der Waals surface area contributed by atoms with Crippen LogP contribution in [0.5, 0.6) is 0 Å². The Balaban J connectivity index is 2.49. The number of aromatic amines is 1. The number of rotatable bonds is 5. The Hall–Kier alpha value is -2.14. The van der Waals surface area contributed by atoms with E-state index in [0.29, 0.717) is 0 Å². The Morgan fingerprint density at radius 3 is 3.53 bits per heavy atom. The minimum atomic E-state index is -3.70. The van der Waals surface area contributed by atoms with Gasteiger partial charge in [-0.1, -0.05) is 6.04 Å². The highest BCUT2D eigenvalue weighted by Crippen LogP contribution is 2.20. The summed E-state index contributed by atoms with van der Waals surface area (Å²) in [7, 11) is 0. The molecule has 0 spiro atoms. The molecule has 0 unspecified atom stereocenters. The van der Waals surface area contributed by atoms with Crippen LogP contribution in [0, 0.1) is 0 Å². The van der Waals surface area contributed by atoms with Crippen molar-refractivity contribution >= 4 is 10.9 Å². The fourth-order valence-corrected chi connectivity index (χ4v) is 1.38. The lowest BCUT2D eigenvalue weighted by molar-refractivity contribution is 0.685. The molecule has 0 atom stereocenters. The van der Waals surface area contributed by atoms with Crippen molar-refractivity contribution in [3.8, 4) is 0 Å². The molecular formula is C14H17N5. The van der Waals surface area contributed by atoms with Gasteiger partial charge in [-0.05, 0) is 43.1 Å². The standard InChI is InChI=1S/C14H17N5/c1-15-5-4-12-7-17-14-3-2-11(6-13(12)14)8-19-10-16-9-18-19/h2-3,6-7,9-10,15,17H,4-5,8H2,1H3/i1D3,2D,3D,4D2,5D2,6D,7D,8D2,9D,10D/hD2. The summed E-state index contributed by atoms with van der Waals surface area (Å²) in [5, 5.41) is 1.90. The molecule has 3 rings (SSSR count). The van der Waals surface area contributed by atoms with Crippen LogP contribution in [0.15, 0.2) is 36.9 Å². The van der Waals surface area contributed by atoms with Crippen LogP contribution in [0.2, 0.25) is 2.82 Å². The summed E-state index contributed by atoms with van der Waals surface area (Å²) < 4.78 is 136. The SMILES string of the molecule is [2H]c1nc([2H])n(C([2H])([2H])c2c([2H])c([2H])c3c(c2[2H])c(C([2H])([2H])C([2H])([2H])N([2H])C([2H])([2H])[2H])c([2H])n3[2H])n1. The molecule has 0 radical (unpaired) electrons. The predicted molar refractivity (Wildman–Crippen MR) is 75.1 cm³/mol. The Morgan fingerprint density at radius 1 is 1.68 bits per heavy atom. The minimum Gasteiger partial charge on any atom is -0.361 e. The summed E-state index contributed by atoms with van der Waals surface area (Å²) in [6, 6.07) is -3.02. The lowest BCUT2D eigenvalue weighted by atomic mass is 10.1. The topological polar surface area (TPSA) is 58.5 Å². The summed E-state index contributed by atoms with van der Waals surface area (Å²) >= 11 is 0. The Labute approximate surface area is 135 Å². The van der Waals surface area contributed by atoms with Crippen LogP contribution in [0.25, 0.3) is 10.9 Å². The first-order chi connectivity index (χ1) is 16.1. The fraction of sp³-hybridized carbons (Fsp3) is 0.286. The second kappa shape index (κ2) is 5.24. The Kier molecular flexibility index (Phi) is 0.909. The molecule has 0 aliphatic carbocycles. The molecule has 0 amide bonds. The Bertz CT molecular complexity index is 1350. The summed E-state index contributed by atoms with van der Waals surface area (Å²) in [6.45, 7) is -10.3. The van der Waals surface area contributed by atoms with E-state index in [1.807, 2.05) is 0 Å². The van der Waals surface area contributed by atoms with Crippen LogP contribution >= 0.6 is 0 Å². The van der Waals surface area contributed by atoms with Crippen LogP contribution in [-0.2, 0) is 12.9 Å². The maximum Gasteiger partial charge on any atom is 0.166 e. The van der Waals surface area contributed by atoms with Crippen LogP contribution < -0.4 is 5.31 Å². The smallest absolute Gasteiger partial charge is 0.166 e. The molecule has 0 saturated heterocycles. The molecule has 19 heavy (non-hydrogen) atoms. The van der Waals surface area contributed by atoms with Crippen molar-refractivity contribution < 1.29 is 23.4 Å². The van der Waals surface area contributed by atoms with Crippen LogP contribution in [0.1, 0.15) is 31.7 Å². The van der Waals surface area contributed by atoms with Gasteiger partial charge in [0.05, 0.1) is 14.7 Å². The zero-order valence-corrected chi connectivity index (χ0v) is 9.24. The Morgan fingerprint density at radius 2 is 2.68 bits per heavy atom. The number of nitrogens with one attached hydrogen (secondary N) is 2. The second-order valence-electron chi connectivity index (χ2n) is 3.26. The van der Waals surface area contributed by atoms with Crippen molar-refractivity contribution in [3.63, 3.8) is 0 Å². The van der Waals surface area contributed by atoms with Gasteiger partial charge in [-0.3, -0.25) is 0 Å². The van der Waals surface area contributed by atoms with E-state index < -0.39 is 90.6 Å². The monoisotopic (exact) mass is 272 g/mol. The lowest BCUT2D eigenvalue weighted by Gasteiger charge is -2.03. The largest absolute Gasteiger partial charge is 0.361 e. The number of hydrogen-bond acceptors (Lipinski definition) is 3. The normalized spacial score (nSPS) is 27.3. The van der Waals surface area contributed by atoms with Crippen molar-refractivity contribution in [2.45, 2.75) is 12.9 Å². The van der Waals surface area contributed by atoms with E-state index >= 15 is 0 Å². The molecule has 98 valence electrons. The maximum absolute atomic E-state index is 8.57. The van der Waals surface area contributed by atoms with Gasteiger partial charge in [0.25, 0.3) is 0 Å². The summed E-state index contributed by atoms with van der Waals surface area (Å²) in [4.78, 5) is 3.44. The van der Waals surface area contributed by atoms with Crippen LogP contribution in [0.4, 0.5) is 0 Å². The average molecular weight is 272 g/mol. The zero-order valence-electron chi connectivity index (χ0n) is 26.2. The molecule has 0 bridgehead atoms. The molecule has 2 heterocycles. The number of nitrogens with zero attached hydrogens (tertiary/aromatic N) is 3. The van der Waals surface area contributed by atoms with Gasteiger partial charge >= 0.3 is 0 Å². The first-order valence-electron chi connectivity index (χ1n) is 13.4. The van der Waals surface area contributed by atoms with Gasteiger partial charge in [-0.15, -0.1) is 0 Å². The first-order valence-corrected chi connectivity index (χ1v) is 4.96. The van der Waals surface area contributed by atoms with Crippen LogP contribution in [-0.4, -0.2) is 33.2 Å². The number of benzene rings is 1. The molecule has 2 N–H and O–H groups in total. The molecule has 5 heteroatoms. The highest BCUT2D eigenvalue weighted by molar-refractivity contribution is 5.83. The van der Waals surface area contributed by atoms with Crippen molar-refractivity contribution in [1.82, 2.24) is 25.1 Å². The van der Waals surface area contributed by atoms with E-state index in [2.05, 4.69) is 10.1 Å². The van der Waals surface area contributed by atoms with E-state index in [0.717, 1.165) is 0 Å². The molecule has 0 aliphatic rings. The van der Waals surface area contributed by atoms with Crippen molar-refractivity contribution in [2.24, 2.45) is 0 Å².